The summed E-state index contributed by atoms with van der Waals surface area (Å²) in [5.74, 6) is 0.163. The molecule has 20 heavy (non-hydrogen) atoms. The number of aromatic hydroxyl groups is 1. The predicted molar refractivity (Wildman–Crippen MR) is 80.3 cm³/mol. The molecule has 2 heterocycles. The zero-order chi connectivity index (χ0) is 13.9. The topological polar surface area (TPSA) is 65.1 Å². The maximum atomic E-state index is 12.0. The number of carbonyl (C=O) groups excluding carboxylic acids is 1. The van der Waals surface area contributed by atoms with Crippen molar-refractivity contribution in [2.75, 3.05) is 6.54 Å². The number of fused-ring (bicyclic) bond motifs is 1. The van der Waals surface area contributed by atoms with Gasteiger partial charge in [0.05, 0.1) is 10.2 Å². The lowest BCUT2D eigenvalue weighted by molar-refractivity contribution is 0.0950. The Morgan fingerprint density at radius 2 is 2.05 bits per heavy atom. The third-order valence-electron chi connectivity index (χ3n) is 3.12. The van der Waals surface area contributed by atoms with Crippen LogP contribution in [0.5, 0.6) is 5.75 Å². The molecule has 0 saturated heterocycles. The number of phenolic OH excluding ortho intramolecular Hbond substituents is 1. The van der Waals surface area contributed by atoms with Crippen LogP contribution in [-0.2, 0) is 6.42 Å². The van der Waals surface area contributed by atoms with Crippen molar-refractivity contribution in [1.82, 2.24) is 10.3 Å². The Bertz CT molecular complexity index is 699. The third kappa shape index (κ3) is 2.67. The molecule has 3 rings (SSSR count). The second-order valence-electron chi connectivity index (χ2n) is 4.55. The number of benzene rings is 1. The Morgan fingerprint density at radius 1 is 1.25 bits per heavy atom. The van der Waals surface area contributed by atoms with Crippen LogP contribution in [0.25, 0.3) is 10.2 Å². The van der Waals surface area contributed by atoms with Crippen LogP contribution in [-0.4, -0.2) is 22.5 Å². The second kappa shape index (κ2) is 5.38. The molecule has 0 aliphatic rings. The number of aromatic amines is 1. The van der Waals surface area contributed by atoms with E-state index in [2.05, 4.69) is 10.3 Å². The van der Waals surface area contributed by atoms with E-state index in [1.54, 1.807) is 23.5 Å². The molecule has 0 bridgehead atoms. The maximum absolute atomic E-state index is 12.0. The van der Waals surface area contributed by atoms with Crippen LogP contribution in [0, 0.1) is 0 Å². The number of H-pyrrole nitrogens is 1. The summed E-state index contributed by atoms with van der Waals surface area (Å²) >= 11 is 1.61. The number of amides is 1. The summed E-state index contributed by atoms with van der Waals surface area (Å²) in [6.07, 6.45) is 0.737. The zero-order valence-corrected chi connectivity index (χ0v) is 11.5. The van der Waals surface area contributed by atoms with Crippen LogP contribution in [0.1, 0.15) is 16.1 Å². The van der Waals surface area contributed by atoms with Gasteiger partial charge in [0.1, 0.15) is 11.4 Å². The van der Waals surface area contributed by atoms with Gasteiger partial charge in [-0.3, -0.25) is 4.79 Å². The fourth-order valence-electron chi connectivity index (χ4n) is 2.05. The summed E-state index contributed by atoms with van der Waals surface area (Å²) in [7, 11) is 0. The first-order valence-electron chi connectivity index (χ1n) is 6.35. The molecule has 0 unspecified atom stereocenters. The van der Waals surface area contributed by atoms with E-state index < -0.39 is 0 Å². The number of thiophene rings is 1. The van der Waals surface area contributed by atoms with Crippen molar-refractivity contribution in [2.24, 2.45) is 0 Å². The predicted octanol–water partition coefficient (Wildman–Crippen LogP) is 2.91. The molecule has 4 nitrogen and oxygen atoms in total. The zero-order valence-electron chi connectivity index (χ0n) is 10.7. The summed E-state index contributed by atoms with van der Waals surface area (Å²) < 4.78 is 1.09. The van der Waals surface area contributed by atoms with E-state index in [0.29, 0.717) is 12.2 Å². The van der Waals surface area contributed by atoms with Gasteiger partial charge >= 0.3 is 0 Å². The number of hydrogen-bond acceptors (Lipinski definition) is 3. The van der Waals surface area contributed by atoms with Gasteiger partial charge in [0, 0.05) is 6.54 Å². The van der Waals surface area contributed by atoms with Crippen molar-refractivity contribution in [1.29, 1.82) is 0 Å². The monoisotopic (exact) mass is 286 g/mol. The summed E-state index contributed by atoms with van der Waals surface area (Å²) in [6.45, 7) is 0.566. The number of rotatable bonds is 4. The third-order valence-corrected chi connectivity index (χ3v) is 3.98. The number of phenols is 1. The molecule has 5 heteroatoms. The van der Waals surface area contributed by atoms with Crippen LogP contribution in [0.2, 0.25) is 0 Å². The van der Waals surface area contributed by atoms with Gasteiger partial charge in [-0.25, -0.2) is 0 Å². The number of hydrogen-bond donors (Lipinski definition) is 3. The van der Waals surface area contributed by atoms with E-state index in [4.69, 9.17) is 0 Å². The minimum absolute atomic E-state index is 0.0906. The first-order valence-corrected chi connectivity index (χ1v) is 7.23. The molecule has 0 saturated carbocycles. The van der Waals surface area contributed by atoms with Gasteiger partial charge in [0.15, 0.2) is 0 Å². The molecule has 102 valence electrons. The molecule has 3 N–H and O–H groups in total. The van der Waals surface area contributed by atoms with Crippen LogP contribution in [0.3, 0.4) is 0 Å². The average molecular weight is 286 g/mol. The quantitative estimate of drug-likeness (QED) is 0.690. The fourth-order valence-corrected chi connectivity index (χ4v) is 2.83. The Morgan fingerprint density at radius 3 is 2.80 bits per heavy atom. The van der Waals surface area contributed by atoms with Crippen LogP contribution in [0.4, 0.5) is 0 Å². The highest BCUT2D eigenvalue weighted by atomic mass is 32.1. The molecule has 3 aromatic rings. The van der Waals surface area contributed by atoms with Gasteiger partial charge in [0.25, 0.3) is 5.91 Å². The van der Waals surface area contributed by atoms with E-state index in [1.807, 2.05) is 29.6 Å². The van der Waals surface area contributed by atoms with Gasteiger partial charge in [-0.05, 0) is 41.6 Å². The lowest BCUT2D eigenvalue weighted by Gasteiger charge is -2.04. The van der Waals surface area contributed by atoms with Gasteiger partial charge < -0.3 is 15.4 Å². The van der Waals surface area contributed by atoms with E-state index >= 15 is 0 Å². The van der Waals surface area contributed by atoms with Crippen LogP contribution < -0.4 is 5.32 Å². The number of aromatic nitrogens is 1. The molecule has 1 amide bonds. The Kier molecular flexibility index (Phi) is 3.43. The summed E-state index contributed by atoms with van der Waals surface area (Å²) in [5.41, 5.74) is 2.67. The van der Waals surface area contributed by atoms with Crippen molar-refractivity contribution in [3.63, 3.8) is 0 Å². The van der Waals surface area contributed by atoms with E-state index in [-0.39, 0.29) is 11.7 Å². The molecular formula is C15H14N2O2S. The SMILES string of the molecule is O=C(NCCc1ccc(O)cc1)c1cc2sccc2[nH]1. The first kappa shape index (κ1) is 12.7. The molecule has 1 aromatic carbocycles. The minimum atomic E-state index is -0.0906. The molecule has 2 aromatic heterocycles. The number of carbonyl (C=O) groups is 1. The van der Waals surface area contributed by atoms with Crippen molar-refractivity contribution < 1.29 is 9.90 Å². The highest BCUT2D eigenvalue weighted by Crippen LogP contribution is 2.21. The van der Waals surface area contributed by atoms with E-state index in [9.17, 15) is 9.90 Å². The van der Waals surface area contributed by atoms with Crippen molar-refractivity contribution in [3.8, 4) is 5.75 Å². The number of nitrogens with one attached hydrogen (secondary N) is 2. The normalized spacial score (nSPS) is 10.8. The van der Waals surface area contributed by atoms with Crippen LogP contribution >= 0.6 is 11.3 Å². The van der Waals surface area contributed by atoms with Crippen molar-refractivity contribution >= 4 is 27.5 Å². The average Bonchev–Trinajstić information content (AvgIpc) is 3.02. The van der Waals surface area contributed by atoms with Crippen LogP contribution in [0.15, 0.2) is 41.8 Å². The second-order valence-corrected chi connectivity index (χ2v) is 5.50. The highest BCUT2D eigenvalue weighted by molar-refractivity contribution is 7.17. The maximum Gasteiger partial charge on any atom is 0.267 e. The Hall–Kier alpha value is -2.27. The molecule has 0 atom stereocenters. The highest BCUT2D eigenvalue weighted by Gasteiger charge is 2.09. The summed E-state index contributed by atoms with van der Waals surface area (Å²) in [5, 5.41) is 14.1. The molecule has 0 spiro atoms. The first-order chi connectivity index (χ1) is 9.72. The summed E-state index contributed by atoms with van der Waals surface area (Å²) in [4.78, 5) is 15.1. The minimum Gasteiger partial charge on any atom is -0.508 e. The standard InChI is InChI=1S/C15H14N2O2S/c18-11-3-1-10(2-4-11)5-7-16-15(19)13-9-14-12(17-13)6-8-20-14/h1-4,6,8-9,17-18H,5,7H2,(H,16,19). The lowest BCUT2D eigenvalue weighted by Crippen LogP contribution is -2.25. The van der Waals surface area contributed by atoms with Crippen molar-refractivity contribution in [3.05, 3.63) is 53.0 Å². The fraction of sp³-hybridized carbons (Fsp3) is 0.133. The molecule has 0 radical (unpaired) electrons. The van der Waals surface area contributed by atoms with Gasteiger partial charge in [-0.1, -0.05) is 12.1 Å². The Balaban J connectivity index is 1.56. The largest absolute Gasteiger partial charge is 0.508 e. The Labute approximate surface area is 120 Å². The molecule has 0 fully saturated rings. The van der Waals surface area contributed by atoms with Gasteiger partial charge in [0.2, 0.25) is 0 Å². The van der Waals surface area contributed by atoms with Gasteiger partial charge in [-0.2, -0.15) is 0 Å². The van der Waals surface area contributed by atoms with Crippen molar-refractivity contribution in [2.45, 2.75) is 6.42 Å². The van der Waals surface area contributed by atoms with E-state index in [1.165, 1.54) is 0 Å². The molecular weight excluding hydrogens is 272 g/mol. The van der Waals surface area contributed by atoms with E-state index in [0.717, 1.165) is 22.2 Å². The molecule has 0 aliphatic heterocycles. The molecule has 0 aliphatic carbocycles. The summed E-state index contributed by atoms with van der Waals surface area (Å²) in [6, 6.07) is 10.8. The lowest BCUT2D eigenvalue weighted by atomic mass is 10.1. The van der Waals surface area contributed by atoms with Gasteiger partial charge in [-0.15, -0.1) is 11.3 Å². The smallest absolute Gasteiger partial charge is 0.267 e.